The Balaban J connectivity index is 3.60. The third-order valence-corrected chi connectivity index (χ3v) is 3.80. The van der Waals surface area contributed by atoms with Gasteiger partial charge in [0.05, 0.1) is 8.95 Å². The summed E-state index contributed by atoms with van der Waals surface area (Å²) in [6.07, 6.45) is 0. The van der Waals surface area contributed by atoms with Gasteiger partial charge in [-0.3, -0.25) is 0 Å². The van der Waals surface area contributed by atoms with E-state index >= 15 is 0 Å². The second kappa shape index (κ2) is 3.26. The fourth-order valence-electron chi connectivity index (χ4n) is 0.892. The third kappa shape index (κ3) is 1.33. The van der Waals surface area contributed by atoms with Gasteiger partial charge in [0, 0.05) is 0 Å². The summed E-state index contributed by atoms with van der Waals surface area (Å²) < 4.78 is 1.08. The van der Waals surface area contributed by atoms with Gasteiger partial charge in [-0.15, -0.1) is 0 Å². The van der Waals surface area contributed by atoms with Crippen LogP contribution < -0.4 is 0 Å². The molecule has 12 heavy (non-hydrogen) atoms. The highest BCUT2D eigenvalue weighted by Gasteiger charge is 2.15. The standard InChI is InChI=1S/C8H8Br2O2/c1-3-4(2)6(10)8(12)7(11)5(3)9/h11-12H,1-2H3. The van der Waals surface area contributed by atoms with E-state index in [0.717, 1.165) is 11.1 Å². The van der Waals surface area contributed by atoms with Crippen molar-refractivity contribution in [3.63, 3.8) is 0 Å². The summed E-state index contributed by atoms with van der Waals surface area (Å²) in [5.74, 6) is -0.241. The van der Waals surface area contributed by atoms with Gasteiger partial charge in [-0.25, -0.2) is 0 Å². The lowest BCUT2D eigenvalue weighted by Crippen LogP contribution is -1.86. The molecule has 0 aliphatic carbocycles. The van der Waals surface area contributed by atoms with Gasteiger partial charge >= 0.3 is 0 Å². The van der Waals surface area contributed by atoms with Crippen LogP contribution in [0, 0.1) is 13.8 Å². The molecule has 0 unspecified atom stereocenters. The zero-order valence-corrected chi connectivity index (χ0v) is 9.82. The van der Waals surface area contributed by atoms with Crippen molar-refractivity contribution in [2.75, 3.05) is 0 Å². The van der Waals surface area contributed by atoms with Crippen molar-refractivity contribution in [3.8, 4) is 11.5 Å². The average molecular weight is 296 g/mol. The summed E-state index contributed by atoms with van der Waals surface area (Å²) in [6, 6.07) is 0. The number of rotatable bonds is 0. The Morgan fingerprint density at radius 2 is 1.08 bits per heavy atom. The molecule has 0 aromatic heterocycles. The minimum absolute atomic E-state index is 0.120. The van der Waals surface area contributed by atoms with E-state index in [9.17, 15) is 10.2 Å². The molecule has 0 saturated heterocycles. The Hall–Kier alpha value is -0.220. The van der Waals surface area contributed by atoms with Gasteiger partial charge in [0.25, 0.3) is 0 Å². The highest BCUT2D eigenvalue weighted by atomic mass is 79.9. The second-order valence-electron chi connectivity index (χ2n) is 2.58. The van der Waals surface area contributed by atoms with Gasteiger partial charge in [0.15, 0.2) is 11.5 Å². The lowest BCUT2D eigenvalue weighted by molar-refractivity contribution is 0.398. The van der Waals surface area contributed by atoms with Gasteiger partial charge in [0.1, 0.15) is 0 Å². The number of hydrogen-bond donors (Lipinski definition) is 2. The largest absolute Gasteiger partial charge is 0.503 e. The summed E-state index contributed by atoms with van der Waals surface area (Å²) in [4.78, 5) is 0. The molecule has 0 aliphatic heterocycles. The number of hydrogen-bond acceptors (Lipinski definition) is 2. The number of aromatic hydroxyl groups is 2. The van der Waals surface area contributed by atoms with Crippen molar-refractivity contribution < 1.29 is 10.2 Å². The van der Waals surface area contributed by atoms with Crippen LogP contribution in [0.25, 0.3) is 0 Å². The van der Waals surface area contributed by atoms with E-state index in [1.807, 2.05) is 13.8 Å². The van der Waals surface area contributed by atoms with Gasteiger partial charge in [-0.2, -0.15) is 0 Å². The minimum atomic E-state index is -0.120. The topological polar surface area (TPSA) is 40.5 Å². The monoisotopic (exact) mass is 294 g/mol. The number of phenolic OH excluding ortho intramolecular Hbond substituents is 2. The Kier molecular flexibility index (Phi) is 2.68. The van der Waals surface area contributed by atoms with Crippen molar-refractivity contribution >= 4 is 31.9 Å². The van der Waals surface area contributed by atoms with E-state index in [1.54, 1.807) is 0 Å². The van der Waals surface area contributed by atoms with Gasteiger partial charge in [0.2, 0.25) is 0 Å². The Morgan fingerprint density at radius 1 is 0.833 bits per heavy atom. The van der Waals surface area contributed by atoms with Crippen LogP contribution in [-0.4, -0.2) is 10.2 Å². The predicted molar refractivity (Wildman–Crippen MR) is 54.6 cm³/mol. The van der Waals surface area contributed by atoms with Crippen LogP contribution >= 0.6 is 31.9 Å². The molecule has 0 saturated carbocycles. The van der Waals surface area contributed by atoms with Crippen LogP contribution in [0.1, 0.15) is 11.1 Å². The molecule has 0 fully saturated rings. The molecular formula is C8H8Br2O2. The molecule has 0 heterocycles. The predicted octanol–water partition coefficient (Wildman–Crippen LogP) is 3.24. The van der Waals surface area contributed by atoms with E-state index in [-0.39, 0.29) is 11.5 Å². The molecule has 2 nitrogen and oxygen atoms in total. The normalized spacial score (nSPS) is 10.3. The molecule has 0 spiro atoms. The second-order valence-corrected chi connectivity index (χ2v) is 4.16. The lowest BCUT2D eigenvalue weighted by Gasteiger charge is -2.10. The lowest BCUT2D eigenvalue weighted by atomic mass is 10.1. The Morgan fingerprint density at radius 3 is 1.33 bits per heavy atom. The number of phenols is 2. The Labute approximate surface area is 87.5 Å². The molecule has 1 aromatic carbocycles. The molecule has 0 atom stereocenters. The van der Waals surface area contributed by atoms with E-state index < -0.39 is 0 Å². The van der Waals surface area contributed by atoms with Crippen molar-refractivity contribution in [1.82, 2.24) is 0 Å². The van der Waals surface area contributed by atoms with Crippen LogP contribution in [0.4, 0.5) is 0 Å². The smallest absolute Gasteiger partial charge is 0.173 e. The maximum atomic E-state index is 9.37. The zero-order valence-electron chi connectivity index (χ0n) is 6.65. The first-order chi connectivity index (χ1) is 5.46. The minimum Gasteiger partial charge on any atom is -0.503 e. The first-order valence-electron chi connectivity index (χ1n) is 3.33. The van der Waals surface area contributed by atoms with Crippen LogP contribution in [-0.2, 0) is 0 Å². The first kappa shape index (κ1) is 9.86. The summed E-state index contributed by atoms with van der Waals surface area (Å²) in [5, 5.41) is 18.7. The first-order valence-corrected chi connectivity index (χ1v) is 4.91. The molecule has 0 aliphatic rings. The van der Waals surface area contributed by atoms with Crippen LogP contribution in [0.2, 0.25) is 0 Å². The van der Waals surface area contributed by atoms with Crippen LogP contribution in [0.15, 0.2) is 8.95 Å². The fraction of sp³-hybridized carbons (Fsp3) is 0.250. The maximum absolute atomic E-state index is 9.37. The highest BCUT2D eigenvalue weighted by Crippen LogP contribution is 2.43. The molecule has 1 aromatic rings. The summed E-state index contributed by atoms with van der Waals surface area (Å²) >= 11 is 6.37. The van der Waals surface area contributed by atoms with E-state index in [4.69, 9.17) is 0 Å². The zero-order chi connectivity index (χ0) is 9.46. The molecule has 0 amide bonds. The van der Waals surface area contributed by atoms with Crippen molar-refractivity contribution in [1.29, 1.82) is 0 Å². The van der Waals surface area contributed by atoms with E-state index in [2.05, 4.69) is 31.9 Å². The molecule has 1 rings (SSSR count). The van der Waals surface area contributed by atoms with Gasteiger partial charge in [-0.1, -0.05) is 0 Å². The molecule has 0 bridgehead atoms. The third-order valence-electron chi connectivity index (χ3n) is 1.86. The fourth-order valence-corrected chi connectivity index (χ4v) is 1.86. The quantitative estimate of drug-likeness (QED) is 0.722. The van der Waals surface area contributed by atoms with Crippen LogP contribution in [0.5, 0.6) is 11.5 Å². The summed E-state index contributed by atoms with van der Waals surface area (Å²) in [7, 11) is 0. The maximum Gasteiger partial charge on any atom is 0.173 e. The Bertz CT molecular complexity index is 229. The highest BCUT2D eigenvalue weighted by molar-refractivity contribution is 9.11. The van der Waals surface area contributed by atoms with Gasteiger partial charge < -0.3 is 10.2 Å². The molecule has 4 heteroatoms. The number of benzene rings is 1. The SMILES string of the molecule is Cc1c(C)c(Br)c(O)c(O)c1Br. The van der Waals surface area contributed by atoms with Crippen LogP contribution in [0.3, 0.4) is 0 Å². The summed E-state index contributed by atoms with van der Waals surface area (Å²) in [6.45, 7) is 3.73. The van der Waals surface area contributed by atoms with Crippen molar-refractivity contribution in [3.05, 3.63) is 20.1 Å². The van der Waals surface area contributed by atoms with Gasteiger partial charge in [-0.05, 0) is 56.8 Å². The molecule has 0 radical (unpaired) electrons. The molecule has 2 N–H and O–H groups in total. The van der Waals surface area contributed by atoms with Crippen molar-refractivity contribution in [2.45, 2.75) is 13.8 Å². The number of halogens is 2. The summed E-state index contributed by atoms with van der Waals surface area (Å²) in [5.41, 5.74) is 1.83. The van der Waals surface area contributed by atoms with Crippen molar-refractivity contribution in [2.24, 2.45) is 0 Å². The molecular weight excluding hydrogens is 288 g/mol. The van der Waals surface area contributed by atoms with E-state index in [1.165, 1.54) is 0 Å². The molecule has 66 valence electrons. The van der Waals surface area contributed by atoms with E-state index in [0.29, 0.717) is 8.95 Å². The average Bonchev–Trinajstić information content (AvgIpc) is 2.08.